The quantitative estimate of drug-likeness (QED) is 0.634. The lowest BCUT2D eigenvalue weighted by molar-refractivity contribution is 0.102. The van der Waals surface area contributed by atoms with Gasteiger partial charge in [-0.1, -0.05) is 29.8 Å². The Hall–Kier alpha value is -2.92. The molecule has 0 unspecified atom stereocenters. The molecule has 1 aromatic heterocycles. The molecule has 0 radical (unpaired) electrons. The van der Waals surface area contributed by atoms with E-state index < -0.39 is 0 Å². The molecule has 1 aliphatic heterocycles. The lowest BCUT2D eigenvalue weighted by atomic mass is 10.1. The Morgan fingerprint density at radius 3 is 2.45 bits per heavy atom. The third kappa shape index (κ3) is 4.40. The van der Waals surface area contributed by atoms with Crippen LogP contribution in [0.25, 0.3) is 11.3 Å². The Bertz CT molecular complexity index is 1010. The second kappa shape index (κ2) is 8.62. The second-order valence-corrected chi connectivity index (χ2v) is 7.70. The maximum atomic E-state index is 12.6. The van der Waals surface area contributed by atoms with Crippen molar-refractivity contribution < 1.29 is 4.79 Å². The number of hydrogen-bond acceptors (Lipinski definition) is 4. The normalized spacial score (nSPS) is 13.9. The van der Waals surface area contributed by atoms with Crippen molar-refractivity contribution in [3.63, 3.8) is 0 Å². The number of anilines is 2. The molecule has 5 nitrogen and oxygen atoms in total. The molecule has 1 saturated heterocycles. The average Bonchev–Trinajstić information content (AvgIpc) is 2.76. The highest BCUT2D eigenvalue weighted by molar-refractivity contribution is 6.34. The molecule has 0 bridgehead atoms. The van der Waals surface area contributed by atoms with E-state index in [4.69, 9.17) is 11.6 Å². The molecule has 2 aromatic carbocycles. The van der Waals surface area contributed by atoms with Gasteiger partial charge >= 0.3 is 0 Å². The largest absolute Gasteiger partial charge is 0.355 e. The highest BCUT2D eigenvalue weighted by Gasteiger charge is 2.18. The number of nitrogens with zero attached hydrogens (tertiary/aromatic N) is 3. The second-order valence-electron chi connectivity index (χ2n) is 7.29. The van der Waals surface area contributed by atoms with Gasteiger partial charge in [0.1, 0.15) is 5.69 Å². The van der Waals surface area contributed by atoms with E-state index in [1.807, 2.05) is 37.3 Å². The zero-order chi connectivity index (χ0) is 20.2. The van der Waals surface area contributed by atoms with E-state index in [9.17, 15) is 4.79 Å². The minimum atomic E-state index is -0.197. The molecule has 4 rings (SSSR count). The van der Waals surface area contributed by atoms with Gasteiger partial charge in [0, 0.05) is 36.6 Å². The van der Waals surface area contributed by atoms with Crippen molar-refractivity contribution in [2.45, 2.75) is 26.2 Å². The number of benzene rings is 2. The van der Waals surface area contributed by atoms with Crippen molar-refractivity contribution in [3.8, 4) is 11.3 Å². The van der Waals surface area contributed by atoms with Crippen molar-refractivity contribution in [1.29, 1.82) is 0 Å². The number of piperidine rings is 1. The minimum absolute atomic E-state index is 0.197. The Kier molecular flexibility index (Phi) is 5.76. The van der Waals surface area contributed by atoms with Crippen molar-refractivity contribution in [3.05, 3.63) is 71.0 Å². The predicted octanol–water partition coefficient (Wildman–Crippen LogP) is 5.35. The zero-order valence-electron chi connectivity index (χ0n) is 16.4. The van der Waals surface area contributed by atoms with Crippen LogP contribution in [-0.2, 0) is 0 Å². The fraction of sp³-hybridized carbons (Fsp3) is 0.261. The van der Waals surface area contributed by atoms with E-state index in [2.05, 4.69) is 20.2 Å². The lowest BCUT2D eigenvalue weighted by Gasteiger charge is -2.28. The molecule has 1 N–H and O–H groups in total. The lowest BCUT2D eigenvalue weighted by Crippen LogP contribution is -2.30. The number of carbonyl (C=O) groups excluding carboxylic acids is 1. The summed E-state index contributed by atoms with van der Waals surface area (Å²) >= 11 is 6.22. The average molecular weight is 407 g/mol. The monoisotopic (exact) mass is 406 g/mol. The fourth-order valence-electron chi connectivity index (χ4n) is 3.57. The Labute approximate surface area is 175 Å². The number of halogens is 1. The highest BCUT2D eigenvalue weighted by atomic mass is 35.5. The molecule has 0 atom stereocenters. The predicted molar refractivity (Wildman–Crippen MR) is 118 cm³/mol. The first-order chi connectivity index (χ1) is 14.1. The summed E-state index contributed by atoms with van der Waals surface area (Å²) in [6.07, 6.45) is 7.07. The molecule has 2 heterocycles. The highest BCUT2D eigenvalue weighted by Crippen LogP contribution is 2.29. The molecule has 1 amide bonds. The van der Waals surface area contributed by atoms with Crippen LogP contribution in [0.15, 0.2) is 54.9 Å². The third-order valence-corrected chi connectivity index (χ3v) is 5.44. The first-order valence-electron chi connectivity index (χ1n) is 9.86. The summed E-state index contributed by atoms with van der Waals surface area (Å²) < 4.78 is 0. The number of aromatic nitrogens is 2. The van der Waals surface area contributed by atoms with Crippen molar-refractivity contribution in [2.75, 3.05) is 23.3 Å². The van der Waals surface area contributed by atoms with E-state index in [1.54, 1.807) is 24.5 Å². The van der Waals surface area contributed by atoms with E-state index in [1.165, 1.54) is 19.3 Å². The summed E-state index contributed by atoms with van der Waals surface area (Å²) in [4.78, 5) is 24.0. The maximum Gasteiger partial charge on any atom is 0.255 e. The number of rotatable bonds is 4. The van der Waals surface area contributed by atoms with Gasteiger partial charge in [0.2, 0.25) is 0 Å². The van der Waals surface area contributed by atoms with Crippen LogP contribution in [0, 0.1) is 6.92 Å². The van der Waals surface area contributed by atoms with Gasteiger partial charge in [-0.2, -0.15) is 0 Å². The van der Waals surface area contributed by atoms with E-state index in [-0.39, 0.29) is 5.91 Å². The molecule has 29 heavy (non-hydrogen) atoms. The number of carbonyl (C=O) groups is 1. The van der Waals surface area contributed by atoms with Crippen molar-refractivity contribution >= 4 is 29.0 Å². The molecule has 6 heteroatoms. The summed E-state index contributed by atoms with van der Waals surface area (Å²) in [5.41, 5.74) is 4.01. The van der Waals surface area contributed by atoms with E-state index in [0.29, 0.717) is 16.3 Å². The van der Waals surface area contributed by atoms with Crippen LogP contribution in [-0.4, -0.2) is 29.0 Å². The first-order valence-corrected chi connectivity index (χ1v) is 10.2. The number of aryl methyl sites for hydroxylation is 1. The van der Waals surface area contributed by atoms with Gasteiger partial charge in [0.15, 0.2) is 5.82 Å². The summed E-state index contributed by atoms with van der Waals surface area (Å²) in [6, 6.07) is 13.0. The Balaban J connectivity index is 1.54. The van der Waals surface area contributed by atoms with E-state index in [0.717, 1.165) is 35.7 Å². The van der Waals surface area contributed by atoms with Crippen LogP contribution in [0.2, 0.25) is 5.02 Å². The zero-order valence-corrected chi connectivity index (χ0v) is 17.1. The molecule has 0 saturated carbocycles. The molecule has 1 aliphatic rings. The molecular weight excluding hydrogens is 384 g/mol. The smallest absolute Gasteiger partial charge is 0.255 e. The van der Waals surface area contributed by atoms with Crippen LogP contribution in [0.1, 0.15) is 35.2 Å². The van der Waals surface area contributed by atoms with Crippen LogP contribution in [0.4, 0.5) is 11.5 Å². The van der Waals surface area contributed by atoms with Crippen molar-refractivity contribution in [1.82, 2.24) is 9.97 Å². The summed E-state index contributed by atoms with van der Waals surface area (Å²) in [7, 11) is 0. The Morgan fingerprint density at radius 2 is 1.72 bits per heavy atom. The fourth-order valence-corrected chi connectivity index (χ4v) is 3.85. The summed E-state index contributed by atoms with van der Waals surface area (Å²) in [5, 5.41) is 3.40. The van der Waals surface area contributed by atoms with Gasteiger partial charge in [0.05, 0.1) is 10.7 Å². The Morgan fingerprint density at radius 1 is 1.00 bits per heavy atom. The van der Waals surface area contributed by atoms with Gasteiger partial charge in [-0.05, 0) is 56.0 Å². The summed E-state index contributed by atoms with van der Waals surface area (Å²) in [5.74, 6) is 0.716. The van der Waals surface area contributed by atoms with Gasteiger partial charge < -0.3 is 10.2 Å². The van der Waals surface area contributed by atoms with Crippen LogP contribution in [0.5, 0.6) is 0 Å². The van der Waals surface area contributed by atoms with Crippen molar-refractivity contribution in [2.24, 2.45) is 0 Å². The maximum absolute atomic E-state index is 12.6. The van der Waals surface area contributed by atoms with Gasteiger partial charge in [-0.25, -0.2) is 4.98 Å². The topological polar surface area (TPSA) is 58.1 Å². The molecule has 1 fully saturated rings. The number of nitrogens with one attached hydrogen (secondary N) is 1. The first kappa shape index (κ1) is 19.4. The van der Waals surface area contributed by atoms with Crippen LogP contribution < -0.4 is 10.2 Å². The molecule has 3 aromatic rings. The van der Waals surface area contributed by atoms with Gasteiger partial charge in [0.25, 0.3) is 5.91 Å². The summed E-state index contributed by atoms with van der Waals surface area (Å²) in [6.45, 7) is 3.97. The van der Waals surface area contributed by atoms with Gasteiger partial charge in [-0.3, -0.25) is 9.78 Å². The molecular formula is C23H23ClN4O. The minimum Gasteiger partial charge on any atom is -0.355 e. The molecule has 148 valence electrons. The number of hydrogen-bond donors (Lipinski definition) is 1. The standard InChI is InChI=1S/C23H23ClN4O/c1-16-5-10-20(19(24)15-16)27-23(29)18-8-6-17(7-9-18)21-22(26-12-11-25-21)28-13-3-2-4-14-28/h5-12,15H,2-4,13-14H2,1H3,(H,27,29). The SMILES string of the molecule is Cc1ccc(NC(=O)c2ccc(-c3nccnc3N3CCCCC3)cc2)c(Cl)c1. The van der Waals surface area contributed by atoms with E-state index >= 15 is 0 Å². The van der Waals surface area contributed by atoms with Crippen LogP contribution >= 0.6 is 11.6 Å². The number of amides is 1. The van der Waals surface area contributed by atoms with Gasteiger partial charge in [-0.15, -0.1) is 0 Å². The van der Waals surface area contributed by atoms with Crippen LogP contribution in [0.3, 0.4) is 0 Å². The third-order valence-electron chi connectivity index (χ3n) is 5.13. The molecule has 0 aliphatic carbocycles. The molecule has 0 spiro atoms.